The quantitative estimate of drug-likeness (QED) is 0.236. The van der Waals surface area contributed by atoms with Gasteiger partial charge in [-0.05, 0) is 67.3 Å². The smallest absolute Gasteiger partial charge is 0.255 e. The van der Waals surface area contributed by atoms with Gasteiger partial charge in [-0.1, -0.05) is 37.1 Å². The number of amides is 3. The number of piperidine rings is 1. The maximum absolute atomic E-state index is 13.1. The van der Waals surface area contributed by atoms with E-state index in [0.29, 0.717) is 30.5 Å². The third-order valence-electron chi connectivity index (χ3n) is 8.48. The van der Waals surface area contributed by atoms with E-state index in [1.165, 1.54) is 12.6 Å². The van der Waals surface area contributed by atoms with Crippen LogP contribution in [0.15, 0.2) is 59.9 Å². The van der Waals surface area contributed by atoms with E-state index in [0.717, 1.165) is 65.5 Å². The normalized spacial score (nSPS) is 22.7. The van der Waals surface area contributed by atoms with E-state index < -0.39 is 6.04 Å². The number of hydrogen-bond acceptors (Lipinski definition) is 7. The molecule has 1 aliphatic carbocycles. The van der Waals surface area contributed by atoms with E-state index in [-0.39, 0.29) is 24.1 Å². The number of aromatic nitrogens is 2. The summed E-state index contributed by atoms with van der Waals surface area (Å²) in [5.74, 6) is -0.0700. The topological polar surface area (TPSA) is 131 Å². The first kappa shape index (κ1) is 26.8. The molecule has 1 saturated heterocycles. The van der Waals surface area contributed by atoms with Gasteiger partial charge in [-0.25, -0.2) is 4.98 Å². The van der Waals surface area contributed by atoms with Gasteiger partial charge in [-0.15, -0.1) is 0 Å². The number of nitrogens with one attached hydrogen (secondary N) is 1. The molecule has 2 aromatic carbocycles. The minimum absolute atomic E-state index is 0.113. The van der Waals surface area contributed by atoms with E-state index in [1.54, 1.807) is 11.1 Å². The maximum atomic E-state index is 13.1. The van der Waals surface area contributed by atoms with Crippen LogP contribution >= 0.6 is 0 Å². The molecule has 2 fully saturated rings. The van der Waals surface area contributed by atoms with Crippen molar-refractivity contribution in [2.24, 2.45) is 16.6 Å². The zero-order valence-corrected chi connectivity index (χ0v) is 23.0. The van der Waals surface area contributed by atoms with Crippen LogP contribution in [-0.2, 0) is 22.6 Å². The molecule has 9 heteroatoms. The van der Waals surface area contributed by atoms with Gasteiger partial charge >= 0.3 is 0 Å². The molecule has 3 amide bonds. The van der Waals surface area contributed by atoms with Crippen molar-refractivity contribution < 1.29 is 14.4 Å². The Morgan fingerprint density at radius 1 is 1.10 bits per heavy atom. The first-order valence-corrected chi connectivity index (χ1v) is 14.4. The molecular weight excluding hydrogens is 516 g/mol. The Morgan fingerprint density at radius 3 is 2.73 bits per heavy atom. The minimum atomic E-state index is -0.572. The number of carbonyl (C=O) groups excluding carboxylic acids is 3. The van der Waals surface area contributed by atoms with Crippen LogP contribution in [0.4, 0.5) is 0 Å². The molecule has 2 aliphatic heterocycles. The molecular formula is C32H34N6O3. The molecule has 1 saturated carbocycles. The lowest BCUT2D eigenvalue weighted by Gasteiger charge is -2.32. The Kier molecular flexibility index (Phi) is 7.59. The summed E-state index contributed by atoms with van der Waals surface area (Å²) in [6.07, 6.45) is 12.2. The molecule has 0 spiro atoms. The molecule has 1 aromatic heterocycles. The molecule has 3 aliphatic rings. The van der Waals surface area contributed by atoms with Gasteiger partial charge in [0, 0.05) is 36.5 Å². The van der Waals surface area contributed by atoms with E-state index in [4.69, 9.17) is 10.7 Å². The highest BCUT2D eigenvalue weighted by molar-refractivity contribution is 6.09. The Hall–Kier alpha value is -4.40. The maximum Gasteiger partial charge on any atom is 0.255 e. The van der Waals surface area contributed by atoms with Crippen LogP contribution in [-0.4, -0.2) is 50.9 Å². The van der Waals surface area contributed by atoms with Crippen molar-refractivity contribution in [2.75, 3.05) is 0 Å². The van der Waals surface area contributed by atoms with Crippen LogP contribution in [0.2, 0.25) is 0 Å². The summed E-state index contributed by atoms with van der Waals surface area (Å²) < 4.78 is 0. The average molecular weight is 551 g/mol. The molecule has 6 rings (SSSR count). The number of imide groups is 1. The number of nitrogens with two attached hydrogens (primary N) is 1. The molecule has 210 valence electrons. The largest absolute Gasteiger partial charge is 0.404 e. The van der Waals surface area contributed by atoms with Crippen LogP contribution in [0.1, 0.15) is 72.1 Å². The fourth-order valence-corrected chi connectivity index (χ4v) is 6.05. The number of fused-ring (bicyclic) bond motifs is 2. The first-order valence-electron chi connectivity index (χ1n) is 14.4. The number of aryl methyl sites for hydroxylation is 1. The SMILES string of the molecule is NC=C(C=NC1CC(CCCCc2ccc3c(c2)C(=O)N(C2CCC(=O)NC2=O)C3)C1)c1cnc2ccccc2n1. The van der Waals surface area contributed by atoms with Crippen molar-refractivity contribution in [3.05, 3.63) is 77.2 Å². The molecule has 3 N–H and O–H groups in total. The van der Waals surface area contributed by atoms with E-state index in [9.17, 15) is 14.4 Å². The Morgan fingerprint density at radius 2 is 1.93 bits per heavy atom. The van der Waals surface area contributed by atoms with E-state index in [1.807, 2.05) is 42.6 Å². The van der Waals surface area contributed by atoms with Crippen LogP contribution in [0.3, 0.4) is 0 Å². The summed E-state index contributed by atoms with van der Waals surface area (Å²) >= 11 is 0. The fraction of sp³-hybridized carbons (Fsp3) is 0.375. The molecule has 3 aromatic rings. The second kappa shape index (κ2) is 11.6. The highest BCUT2D eigenvalue weighted by atomic mass is 16.2. The lowest BCUT2D eigenvalue weighted by atomic mass is 9.77. The van der Waals surface area contributed by atoms with Crippen molar-refractivity contribution in [3.8, 4) is 0 Å². The lowest BCUT2D eigenvalue weighted by Crippen LogP contribution is -2.52. The van der Waals surface area contributed by atoms with Gasteiger partial charge in [-0.3, -0.25) is 29.7 Å². The van der Waals surface area contributed by atoms with Gasteiger partial charge in [0.25, 0.3) is 5.91 Å². The minimum Gasteiger partial charge on any atom is -0.404 e. The predicted octanol–water partition coefficient (Wildman–Crippen LogP) is 3.95. The number of nitrogens with zero attached hydrogens (tertiary/aromatic N) is 4. The third kappa shape index (κ3) is 5.75. The lowest BCUT2D eigenvalue weighted by molar-refractivity contribution is -0.136. The van der Waals surface area contributed by atoms with Crippen LogP contribution in [0, 0.1) is 5.92 Å². The summed E-state index contributed by atoms with van der Waals surface area (Å²) in [7, 11) is 0. The predicted molar refractivity (Wildman–Crippen MR) is 157 cm³/mol. The van der Waals surface area contributed by atoms with Gasteiger partial charge in [0.1, 0.15) is 6.04 Å². The van der Waals surface area contributed by atoms with Crippen LogP contribution < -0.4 is 11.1 Å². The number of hydrogen-bond donors (Lipinski definition) is 2. The van der Waals surface area contributed by atoms with Gasteiger partial charge in [0.2, 0.25) is 11.8 Å². The number of unbranched alkanes of at least 4 members (excludes halogenated alkanes) is 1. The summed E-state index contributed by atoms with van der Waals surface area (Å²) in [5, 5.41) is 2.36. The third-order valence-corrected chi connectivity index (χ3v) is 8.48. The summed E-state index contributed by atoms with van der Waals surface area (Å²) in [4.78, 5) is 52.3. The molecule has 0 radical (unpaired) electrons. The number of para-hydroxylation sites is 2. The van der Waals surface area contributed by atoms with Crippen LogP contribution in [0.25, 0.3) is 16.6 Å². The van der Waals surface area contributed by atoms with Gasteiger partial charge in [0.05, 0.1) is 29.0 Å². The number of rotatable bonds is 9. The van der Waals surface area contributed by atoms with Gasteiger partial charge in [-0.2, -0.15) is 0 Å². The van der Waals surface area contributed by atoms with Crippen molar-refractivity contribution in [2.45, 2.75) is 70.0 Å². The molecule has 1 atom stereocenters. The Labute approximate surface area is 239 Å². The zero-order chi connectivity index (χ0) is 28.3. The van der Waals surface area contributed by atoms with Crippen molar-refractivity contribution in [1.82, 2.24) is 20.2 Å². The second-order valence-electron chi connectivity index (χ2n) is 11.3. The molecule has 1 unspecified atom stereocenters. The highest BCUT2D eigenvalue weighted by Crippen LogP contribution is 2.35. The monoisotopic (exact) mass is 550 g/mol. The van der Waals surface area contributed by atoms with Gasteiger partial charge < -0.3 is 10.6 Å². The summed E-state index contributed by atoms with van der Waals surface area (Å²) in [6, 6.07) is 13.6. The van der Waals surface area contributed by atoms with Crippen LogP contribution in [0.5, 0.6) is 0 Å². The number of benzene rings is 2. The van der Waals surface area contributed by atoms with E-state index >= 15 is 0 Å². The summed E-state index contributed by atoms with van der Waals surface area (Å²) in [5.41, 5.74) is 11.8. The van der Waals surface area contributed by atoms with Crippen molar-refractivity contribution >= 4 is 40.5 Å². The molecule has 41 heavy (non-hydrogen) atoms. The Balaban J connectivity index is 0.938. The fourth-order valence-electron chi connectivity index (χ4n) is 6.05. The number of aliphatic imine (C=N–C) groups is 1. The standard InChI is InChI=1S/C32H34N6O3/c33-16-23(28-18-35-26-7-3-4-8-27(26)36-28)17-34-24-13-21(14-24)6-2-1-5-20-9-10-22-19-38(32(41)25(22)15-20)29-11-12-30(39)37-31(29)40/h3-4,7-10,15-18,21,24,29H,1-2,5-6,11-14,19,33H2,(H,37,39,40). The second-order valence-corrected chi connectivity index (χ2v) is 11.3. The molecule has 9 nitrogen and oxygen atoms in total. The van der Waals surface area contributed by atoms with Gasteiger partial charge in [0.15, 0.2) is 0 Å². The zero-order valence-electron chi connectivity index (χ0n) is 23.0. The summed E-state index contributed by atoms with van der Waals surface area (Å²) in [6.45, 7) is 0.421. The number of carbonyl (C=O) groups is 3. The first-order chi connectivity index (χ1) is 20.0. The van der Waals surface area contributed by atoms with E-state index in [2.05, 4.69) is 21.4 Å². The number of allylic oxidation sites excluding steroid dienone is 1. The Bertz CT molecular complexity index is 1560. The van der Waals surface area contributed by atoms with Crippen molar-refractivity contribution in [1.29, 1.82) is 0 Å². The average Bonchev–Trinajstić information content (AvgIpc) is 3.28. The highest BCUT2D eigenvalue weighted by Gasteiger charge is 2.39. The molecule has 0 bridgehead atoms. The van der Waals surface area contributed by atoms with Crippen molar-refractivity contribution in [3.63, 3.8) is 0 Å². The molecule has 3 heterocycles.